The molecule has 3 amide bonds. The van der Waals surface area contributed by atoms with Crippen LogP contribution in [0.2, 0.25) is 0 Å². The van der Waals surface area contributed by atoms with E-state index in [2.05, 4.69) is 5.32 Å². The lowest BCUT2D eigenvalue weighted by Crippen LogP contribution is -3.19. The smallest absolute Gasteiger partial charge is 0.291 e. The highest BCUT2D eigenvalue weighted by atomic mass is 19.1. The highest BCUT2D eigenvalue weighted by Crippen LogP contribution is 2.52. The van der Waals surface area contributed by atoms with Gasteiger partial charge in [0.25, 0.3) is 5.91 Å². The quantitative estimate of drug-likeness (QED) is 0.707. The SMILES string of the molecule is O=C1[C@H]2[C@@H](C(=O)N1c1ccc(F)cc1)[C@@]1(C(=O)Nc3ccccc31)[NH+]1CCC[C@@H]21. The number of nitrogens with one attached hydrogen (secondary N) is 2. The molecule has 2 N–H and O–H groups in total. The first-order valence-corrected chi connectivity index (χ1v) is 9.95. The van der Waals surface area contributed by atoms with Crippen LogP contribution >= 0.6 is 0 Å². The standard InChI is InChI=1S/C22H18FN3O3/c23-12-7-9-13(10-8-12)26-19(27)17-16-6-3-11-25(16)22(18(17)20(26)28)14-4-1-2-5-15(14)24-21(22)29/h1-2,4-5,7-10,16-18H,3,6,11H2,(H,24,29)/p+1/t16-,17+,18-,22-/m0/s1. The van der Waals surface area contributed by atoms with Gasteiger partial charge in [-0.25, -0.2) is 9.29 Å². The van der Waals surface area contributed by atoms with Crippen molar-refractivity contribution in [2.24, 2.45) is 11.8 Å². The molecule has 4 aliphatic heterocycles. The third-order valence-corrected chi connectivity index (χ3v) is 7.21. The van der Waals surface area contributed by atoms with E-state index in [0.717, 1.165) is 35.5 Å². The number of imide groups is 1. The molecule has 7 heteroatoms. The molecule has 6 nitrogen and oxygen atoms in total. The second kappa shape index (κ2) is 5.51. The van der Waals surface area contributed by atoms with Crippen molar-refractivity contribution in [3.63, 3.8) is 0 Å². The van der Waals surface area contributed by atoms with Crippen molar-refractivity contribution in [2.75, 3.05) is 16.8 Å². The molecule has 3 saturated heterocycles. The second-order valence-electron chi connectivity index (χ2n) is 8.32. The highest BCUT2D eigenvalue weighted by Gasteiger charge is 2.78. The predicted octanol–water partition coefficient (Wildman–Crippen LogP) is 0.840. The molecule has 1 spiro atoms. The van der Waals surface area contributed by atoms with Gasteiger partial charge in [0.1, 0.15) is 23.7 Å². The third-order valence-electron chi connectivity index (χ3n) is 7.21. The molecular weight excluding hydrogens is 373 g/mol. The molecule has 29 heavy (non-hydrogen) atoms. The summed E-state index contributed by atoms with van der Waals surface area (Å²) in [6, 6.07) is 12.8. The van der Waals surface area contributed by atoms with E-state index >= 15 is 0 Å². The Morgan fingerprint density at radius 3 is 2.59 bits per heavy atom. The number of amides is 3. The van der Waals surface area contributed by atoms with Gasteiger partial charge in [-0.1, -0.05) is 18.2 Å². The normalized spacial score (nSPS) is 34.5. The molecule has 146 valence electrons. The van der Waals surface area contributed by atoms with E-state index in [1.54, 1.807) is 0 Å². The minimum Gasteiger partial charge on any atom is -0.320 e. The molecule has 4 aliphatic rings. The average molecular weight is 392 g/mol. The minimum absolute atomic E-state index is 0.0706. The maximum absolute atomic E-state index is 13.6. The van der Waals surface area contributed by atoms with Crippen LogP contribution < -0.4 is 15.1 Å². The van der Waals surface area contributed by atoms with Gasteiger partial charge >= 0.3 is 0 Å². The van der Waals surface area contributed by atoms with Crippen molar-refractivity contribution in [2.45, 2.75) is 24.4 Å². The molecule has 5 atom stereocenters. The molecule has 0 aliphatic carbocycles. The molecule has 0 radical (unpaired) electrons. The zero-order valence-electron chi connectivity index (χ0n) is 15.5. The van der Waals surface area contributed by atoms with Gasteiger partial charge in [0.05, 0.1) is 17.9 Å². The fraction of sp³-hybridized carbons (Fsp3) is 0.318. The number of hydrogen-bond donors (Lipinski definition) is 2. The lowest BCUT2D eigenvalue weighted by molar-refractivity contribution is -0.948. The summed E-state index contributed by atoms with van der Waals surface area (Å²) in [5.41, 5.74) is 0.805. The van der Waals surface area contributed by atoms with Gasteiger partial charge in [0, 0.05) is 18.4 Å². The van der Waals surface area contributed by atoms with E-state index in [1.165, 1.54) is 29.2 Å². The van der Waals surface area contributed by atoms with Gasteiger partial charge in [-0.15, -0.1) is 0 Å². The Balaban J connectivity index is 1.55. The van der Waals surface area contributed by atoms with Crippen LogP contribution in [0.15, 0.2) is 48.5 Å². The number of fused-ring (bicyclic) bond motifs is 7. The zero-order chi connectivity index (χ0) is 19.9. The number of halogens is 1. The van der Waals surface area contributed by atoms with Crippen molar-refractivity contribution in [1.82, 2.24) is 0 Å². The number of carbonyl (C=O) groups excluding carboxylic acids is 3. The van der Waals surface area contributed by atoms with E-state index < -0.39 is 23.2 Å². The first-order chi connectivity index (χ1) is 14.0. The molecule has 3 fully saturated rings. The Hall–Kier alpha value is -3.06. The molecular formula is C22H19FN3O3+. The van der Waals surface area contributed by atoms with Crippen LogP contribution in [0, 0.1) is 17.7 Å². The van der Waals surface area contributed by atoms with Gasteiger partial charge in [0.2, 0.25) is 17.4 Å². The summed E-state index contributed by atoms with van der Waals surface area (Å²) < 4.78 is 13.4. The topological polar surface area (TPSA) is 70.9 Å². The Kier molecular flexibility index (Phi) is 3.20. The van der Waals surface area contributed by atoms with Crippen molar-refractivity contribution in [3.05, 3.63) is 59.9 Å². The van der Waals surface area contributed by atoms with Crippen LogP contribution in [0.4, 0.5) is 15.8 Å². The van der Waals surface area contributed by atoms with Crippen molar-refractivity contribution in [3.8, 4) is 0 Å². The molecule has 2 aromatic rings. The molecule has 0 saturated carbocycles. The lowest BCUT2D eigenvalue weighted by atomic mass is 9.75. The maximum Gasteiger partial charge on any atom is 0.291 e. The van der Waals surface area contributed by atoms with Crippen LogP contribution in [0.5, 0.6) is 0 Å². The number of rotatable bonds is 1. The van der Waals surface area contributed by atoms with Crippen LogP contribution in [0.1, 0.15) is 18.4 Å². The number of anilines is 2. The van der Waals surface area contributed by atoms with Crippen molar-refractivity contribution < 1.29 is 23.7 Å². The molecule has 6 rings (SSSR count). The summed E-state index contributed by atoms with van der Waals surface area (Å²) in [6.07, 6.45) is 1.72. The van der Waals surface area contributed by atoms with Crippen molar-refractivity contribution in [1.29, 1.82) is 0 Å². The van der Waals surface area contributed by atoms with Crippen LogP contribution in [-0.2, 0) is 19.9 Å². The summed E-state index contributed by atoms with van der Waals surface area (Å²) in [7, 11) is 0. The molecule has 0 aromatic heterocycles. The van der Waals surface area contributed by atoms with E-state index in [-0.39, 0.29) is 23.8 Å². The number of quaternary nitrogens is 1. The Labute approximate surface area is 166 Å². The van der Waals surface area contributed by atoms with Gasteiger partial charge in [-0.3, -0.25) is 14.4 Å². The number of hydrogen-bond acceptors (Lipinski definition) is 3. The Morgan fingerprint density at radius 1 is 1.03 bits per heavy atom. The highest BCUT2D eigenvalue weighted by molar-refractivity contribution is 6.25. The number of nitrogens with zero attached hydrogens (tertiary/aromatic N) is 1. The van der Waals surface area contributed by atoms with Gasteiger partial charge in [-0.05, 0) is 30.3 Å². The summed E-state index contributed by atoms with van der Waals surface area (Å²) in [6.45, 7) is 0.760. The average Bonchev–Trinajstić information content (AvgIpc) is 3.41. The predicted molar refractivity (Wildman–Crippen MR) is 101 cm³/mol. The number of para-hydroxylation sites is 1. The fourth-order valence-electron chi connectivity index (χ4n) is 6.26. The van der Waals surface area contributed by atoms with Gasteiger partial charge < -0.3 is 10.2 Å². The first kappa shape index (κ1) is 16.9. The van der Waals surface area contributed by atoms with E-state index in [9.17, 15) is 18.8 Å². The maximum atomic E-state index is 13.6. The Morgan fingerprint density at radius 2 is 1.79 bits per heavy atom. The van der Waals surface area contributed by atoms with Crippen molar-refractivity contribution >= 4 is 29.1 Å². The zero-order valence-corrected chi connectivity index (χ0v) is 15.5. The monoisotopic (exact) mass is 392 g/mol. The van der Waals surface area contributed by atoms with E-state index in [0.29, 0.717) is 5.69 Å². The Bertz CT molecular complexity index is 1080. The van der Waals surface area contributed by atoms with E-state index in [1.807, 2.05) is 24.3 Å². The van der Waals surface area contributed by atoms with Crippen LogP contribution in [0.25, 0.3) is 0 Å². The second-order valence-corrected chi connectivity index (χ2v) is 8.32. The van der Waals surface area contributed by atoms with Crippen LogP contribution in [0.3, 0.4) is 0 Å². The lowest BCUT2D eigenvalue weighted by Gasteiger charge is -2.33. The van der Waals surface area contributed by atoms with Gasteiger partial charge in [-0.2, -0.15) is 0 Å². The first-order valence-electron chi connectivity index (χ1n) is 9.95. The van der Waals surface area contributed by atoms with Crippen LogP contribution in [-0.4, -0.2) is 30.3 Å². The largest absolute Gasteiger partial charge is 0.320 e. The number of benzene rings is 2. The fourth-order valence-corrected chi connectivity index (χ4v) is 6.26. The molecule has 0 bridgehead atoms. The summed E-state index contributed by atoms with van der Waals surface area (Å²) in [5, 5.41) is 2.96. The summed E-state index contributed by atoms with van der Waals surface area (Å²) in [4.78, 5) is 42.7. The molecule has 4 heterocycles. The van der Waals surface area contributed by atoms with E-state index in [4.69, 9.17) is 0 Å². The minimum atomic E-state index is -1.08. The summed E-state index contributed by atoms with van der Waals surface area (Å²) in [5.74, 6) is -2.55. The molecule has 2 aromatic carbocycles. The third kappa shape index (κ3) is 1.86. The summed E-state index contributed by atoms with van der Waals surface area (Å²) >= 11 is 0. The number of carbonyl (C=O) groups is 3. The molecule has 1 unspecified atom stereocenters. The van der Waals surface area contributed by atoms with Gasteiger partial charge in [0.15, 0.2) is 0 Å².